The first kappa shape index (κ1) is 19.7. The predicted octanol–water partition coefficient (Wildman–Crippen LogP) is 1.10. The van der Waals surface area contributed by atoms with Crippen molar-refractivity contribution in [3.8, 4) is 0 Å². The second-order valence-electron chi connectivity index (χ2n) is 7.04. The summed E-state index contributed by atoms with van der Waals surface area (Å²) in [5.41, 5.74) is 0.994. The maximum absolute atomic E-state index is 13.0. The number of nitrogens with one attached hydrogen (secondary N) is 1. The molecular weight excluding hydrogens is 366 g/mol. The van der Waals surface area contributed by atoms with Crippen LogP contribution in [0.15, 0.2) is 30.3 Å². The summed E-state index contributed by atoms with van der Waals surface area (Å²) in [6.45, 7) is 1.29. The monoisotopic (exact) mass is 391 g/mol. The van der Waals surface area contributed by atoms with Crippen molar-refractivity contribution >= 4 is 30.4 Å². The number of fused-ring (bicyclic) bond motifs is 1. The highest BCUT2D eigenvalue weighted by atomic mass is 32.1. The molecule has 2 aliphatic heterocycles. The zero-order valence-electron chi connectivity index (χ0n) is 15.1. The summed E-state index contributed by atoms with van der Waals surface area (Å²) in [5.74, 6) is -1.65. The van der Waals surface area contributed by atoms with Crippen molar-refractivity contribution in [3.05, 3.63) is 35.9 Å². The molecule has 0 spiro atoms. The first-order valence-corrected chi connectivity index (χ1v) is 9.82. The third-order valence-corrected chi connectivity index (χ3v) is 5.52. The van der Waals surface area contributed by atoms with Crippen LogP contribution in [-0.4, -0.2) is 63.3 Å². The Morgan fingerprint density at radius 1 is 1.19 bits per heavy atom. The number of carbonyl (C=O) groups excluding carboxylic acids is 2. The van der Waals surface area contributed by atoms with E-state index in [9.17, 15) is 19.5 Å². The van der Waals surface area contributed by atoms with Crippen LogP contribution < -0.4 is 5.32 Å². The Bertz CT molecular complexity index is 699. The maximum Gasteiger partial charge on any atom is 0.328 e. The summed E-state index contributed by atoms with van der Waals surface area (Å²) in [6.07, 6.45) is 2.85. The molecule has 8 heteroatoms. The van der Waals surface area contributed by atoms with Crippen LogP contribution in [0.4, 0.5) is 0 Å². The van der Waals surface area contributed by atoms with Crippen LogP contribution in [0.1, 0.15) is 31.2 Å². The topological polar surface area (TPSA) is 89.9 Å². The van der Waals surface area contributed by atoms with Crippen molar-refractivity contribution < 1.29 is 19.5 Å². The number of hydrogen-bond donors (Lipinski definition) is 3. The number of benzene rings is 1. The second-order valence-corrected chi connectivity index (χ2v) is 7.67. The molecule has 1 aromatic rings. The Morgan fingerprint density at radius 2 is 1.85 bits per heavy atom. The lowest BCUT2D eigenvalue weighted by Gasteiger charge is -2.42. The standard InChI is InChI=1S/C19H25N3O4S/c23-17(16(27)12-13-6-2-1-3-7-13)20-14-8-4-10-21-11-5-9-15(19(25)26)22(21)18(14)24/h1-3,6-7,14-16,27H,4-5,8-12H2,(H,20,23)(H,25,26)/t14-,15-,16-/m1/s1. The van der Waals surface area contributed by atoms with Crippen LogP contribution >= 0.6 is 12.6 Å². The quantitative estimate of drug-likeness (QED) is 0.654. The van der Waals surface area contributed by atoms with Gasteiger partial charge in [-0.05, 0) is 37.7 Å². The van der Waals surface area contributed by atoms with E-state index in [1.807, 2.05) is 35.3 Å². The van der Waals surface area contributed by atoms with E-state index in [1.54, 1.807) is 0 Å². The van der Waals surface area contributed by atoms with Gasteiger partial charge in [0.05, 0.1) is 5.25 Å². The molecule has 0 radical (unpaired) electrons. The molecule has 2 heterocycles. The Kier molecular flexibility index (Phi) is 6.38. The summed E-state index contributed by atoms with van der Waals surface area (Å²) in [7, 11) is 0. The van der Waals surface area contributed by atoms with Gasteiger partial charge in [0.1, 0.15) is 12.1 Å². The van der Waals surface area contributed by atoms with Gasteiger partial charge >= 0.3 is 5.97 Å². The van der Waals surface area contributed by atoms with E-state index in [4.69, 9.17) is 0 Å². The summed E-state index contributed by atoms with van der Waals surface area (Å²) in [5, 5.41) is 14.9. The van der Waals surface area contributed by atoms with Gasteiger partial charge in [-0.1, -0.05) is 30.3 Å². The Labute approximate surface area is 164 Å². The number of amides is 2. The molecule has 2 amide bonds. The summed E-state index contributed by atoms with van der Waals surface area (Å²) in [4.78, 5) is 37.1. The lowest BCUT2D eigenvalue weighted by molar-refractivity contribution is -0.174. The number of hydrogen-bond acceptors (Lipinski definition) is 5. The predicted molar refractivity (Wildman–Crippen MR) is 103 cm³/mol. The van der Waals surface area contributed by atoms with Gasteiger partial charge in [-0.2, -0.15) is 12.6 Å². The largest absolute Gasteiger partial charge is 0.480 e. The zero-order valence-corrected chi connectivity index (χ0v) is 16.0. The molecule has 0 unspecified atom stereocenters. The highest BCUT2D eigenvalue weighted by molar-refractivity contribution is 7.81. The second kappa shape index (κ2) is 8.75. The van der Waals surface area contributed by atoms with E-state index in [2.05, 4.69) is 17.9 Å². The Morgan fingerprint density at radius 3 is 2.52 bits per heavy atom. The van der Waals surface area contributed by atoms with Gasteiger partial charge in [0.25, 0.3) is 5.91 Å². The van der Waals surface area contributed by atoms with Crippen molar-refractivity contribution in [1.82, 2.24) is 15.3 Å². The van der Waals surface area contributed by atoms with Crippen LogP contribution in [-0.2, 0) is 20.8 Å². The zero-order chi connectivity index (χ0) is 19.4. The summed E-state index contributed by atoms with van der Waals surface area (Å²) < 4.78 is 0. The molecule has 2 saturated heterocycles. The van der Waals surface area contributed by atoms with E-state index in [1.165, 1.54) is 5.01 Å². The molecule has 146 valence electrons. The molecule has 3 atom stereocenters. The normalized spacial score (nSPS) is 24.6. The fourth-order valence-corrected chi connectivity index (χ4v) is 4.01. The summed E-state index contributed by atoms with van der Waals surface area (Å²) in [6, 6.07) is 7.99. The van der Waals surface area contributed by atoms with Crippen LogP contribution in [0.25, 0.3) is 0 Å². The molecule has 3 rings (SSSR count). The molecule has 1 aromatic carbocycles. The fraction of sp³-hybridized carbons (Fsp3) is 0.526. The van der Waals surface area contributed by atoms with Crippen molar-refractivity contribution in [2.45, 2.75) is 49.4 Å². The molecule has 0 bridgehead atoms. The smallest absolute Gasteiger partial charge is 0.328 e. The number of rotatable bonds is 5. The molecule has 2 N–H and O–H groups in total. The van der Waals surface area contributed by atoms with E-state index >= 15 is 0 Å². The van der Waals surface area contributed by atoms with Gasteiger partial charge in [0.15, 0.2) is 0 Å². The third-order valence-electron chi connectivity index (χ3n) is 5.10. The number of carboxylic acids is 1. The van der Waals surface area contributed by atoms with Crippen molar-refractivity contribution in [1.29, 1.82) is 0 Å². The lowest BCUT2D eigenvalue weighted by atomic mass is 10.1. The first-order valence-electron chi connectivity index (χ1n) is 9.30. The van der Waals surface area contributed by atoms with E-state index < -0.39 is 23.3 Å². The molecule has 2 aliphatic rings. The van der Waals surface area contributed by atoms with Gasteiger partial charge in [0, 0.05) is 13.1 Å². The summed E-state index contributed by atoms with van der Waals surface area (Å²) >= 11 is 4.39. The number of thiol groups is 1. The van der Waals surface area contributed by atoms with Gasteiger partial charge in [-0.3, -0.25) is 14.6 Å². The van der Waals surface area contributed by atoms with E-state index in [0.717, 1.165) is 18.4 Å². The fourth-order valence-electron chi connectivity index (χ4n) is 3.73. The molecule has 2 fully saturated rings. The number of carbonyl (C=O) groups is 3. The van der Waals surface area contributed by atoms with Crippen LogP contribution in [0.2, 0.25) is 0 Å². The van der Waals surface area contributed by atoms with Gasteiger partial charge in [0.2, 0.25) is 5.91 Å². The molecule has 0 saturated carbocycles. The van der Waals surface area contributed by atoms with Gasteiger partial charge in [-0.25, -0.2) is 9.80 Å². The van der Waals surface area contributed by atoms with Crippen molar-refractivity contribution in [2.24, 2.45) is 0 Å². The maximum atomic E-state index is 13.0. The van der Waals surface area contributed by atoms with E-state index in [0.29, 0.717) is 32.4 Å². The highest BCUT2D eigenvalue weighted by Gasteiger charge is 2.42. The number of carboxylic acid groups (broad SMARTS) is 1. The number of aliphatic carboxylic acids is 1. The van der Waals surface area contributed by atoms with Crippen molar-refractivity contribution in [2.75, 3.05) is 13.1 Å². The molecule has 27 heavy (non-hydrogen) atoms. The Balaban J connectivity index is 1.67. The van der Waals surface area contributed by atoms with Crippen LogP contribution in [0.3, 0.4) is 0 Å². The SMILES string of the molecule is O=C(N[C@@H]1CCCN2CCC[C@H](C(=O)O)N2C1=O)[C@H](S)Cc1ccccc1. The average molecular weight is 391 g/mol. The first-order chi connectivity index (χ1) is 13.0. The lowest BCUT2D eigenvalue weighted by Crippen LogP contribution is -2.61. The van der Waals surface area contributed by atoms with Crippen molar-refractivity contribution in [3.63, 3.8) is 0 Å². The van der Waals surface area contributed by atoms with Gasteiger partial charge in [-0.15, -0.1) is 0 Å². The number of hydrazine groups is 1. The number of nitrogens with zero attached hydrogens (tertiary/aromatic N) is 2. The van der Waals surface area contributed by atoms with Crippen LogP contribution in [0, 0.1) is 0 Å². The van der Waals surface area contributed by atoms with E-state index in [-0.39, 0.29) is 11.8 Å². The molecule has 0 aliphatic carbocycles. The molecular formula is C19H25N3O4S. The van der Waals surface area contributed by atoms with Crippen LogP contribution in [0.5, 0.6) is 0 Å². The highest BCUT2D eigenvalue weighted by Crippen LogP contribution is 2.24. The Hall–Kier alpha value is -2.06. The molecule has 7 nitrogen and oxygen atoms in total. The average Bonchev–Trinajstić information content (AvgIpc) is 2.81. The minimum Gasteiger partial charge on any atom is -0.480 e. The molecule has 0 aromatic heterocycles. The third kappa shape index (κ3) is 4.62. The minimum absolute atomic E-state index is 0.308. The van der Waals surface area contributed by atoms with Gasteiger partial charge < -0.3 is 10.4 Å². The minimum atomic E-state index is -1.00.